The molecule has 2 fully saturated rings. The number of primary amides is 1. The van der Waals surface area contributed by atoms with Crippen molar-refractivity contribution in [1.82, 2.24) is 5.32 Å². The molecule has 2 amide bonds. The van der Waals surface area contributed by atoms with Crippen molar-refractivity contribution in [3.05, 3.63) is 59.7 Å². The molecule has 1 heterocycles. The van der Waals surface area contributed by atoms with Crippen LogP contribution in [0.1, 0.15) is 80.1 Å². The zero-order valence-corrected chi connectivity index (χ0v) is 24.7. The van der Waals surface area contributed by atoms with Crippen LogP contribution in [0, 0.1) is 0 Å². The van der Waals surface area contributed by atoms with Crippen molar-refractivity contribution in [3.63, 3.8) is 0 Å². The summed E-state index contributed by atoms with van der Waals surface area (Å²) in [6.07, 6.45) is 7.78. The molecule has 0 aromatic heterocycles. The molecular formula is C30H41N2O5PS. The molecule has 1 aliphatic carbocycles. The van der Waals surface area contributed by atoms with E-state index in [0.717, 1.165) is 5.30 Å². The number of nitrogens with two attached hydrogens (primary N) is 1. The predicted molar refractivity (Wildman–Crippen MR) is 158 cm³/mol. The Morgan fingerprint density at radius 2 is 1.72 bits per heavy atom. The maximum absolute atomic E-state index is 13.4. The number of rotatable bonds is 11. The van der Waals surface area contributed by atoms with Crippen LogP contribution in [-0.4, -0.2) is 53.3 Å². The quantitative estimate of drug-likeness (QED) is 0.378. The van der Waals surface area contributed by atoms with Crippen molar-refractivity contribution in [3.8, 4) is 5.75 Å². The lowest BCUT2D eigenvalue weighted by atomic mass is 9.84. The highest BCUT2D eigenvalue weighted by Crippen LogP contribution is 2.45. The van der Waals surface area contributed by atoms with Gasteiger partial charge in [0, 0.05) is 38.9 Å². The third-order valence-corrected chi connectivity index (χ3v) is 13.9. The number of amides is 2. The van der Waals surface area contributed by atoms with Gasteiger partial charge in [-0.25, -0.2) is 0 Å². The molecule has 9 heteroatoms. The topological polar surface area (TPSA) is 108 Å². The highest BCUT2D eigenvalue weighted by Gasteiger charge is 2.46. The Balaban J connectivity index is 1.23. The Labute approximate surface area is 235 Å². The summed E-state index contributed by atoms with van der Waals surface area (Å²) in [5.74, 6) is 0.772. The molecule has 3 atom stereocenters. The molecule has 4 rings (SSSR count). The third-order valence-electron chi connectivity index (χ3n) is 7.96. The summed E-state index contributed by atoms with van der Waals surface area (Å²) in [5, 5.41) is 3.93. The van der Waals surface area contributed by atoms with E-state index in [-0.39, 0.29) is 12.0 Å². The van der Waals surface area contributed by atoms with Gasteiger partial charge >= 0.3 is 0 Å². The maximum atomic E-state index is 13.4. The van der Waals surface area contributed by atoms with Gasteiger partial charge < -0.3 is 20.5 Å². The Bertz CT molecular complexity index is 1130. The second-order valence-electron chi connectivity index (χ2n) is 10.6. The van der Waals surface area contributed by atoms with Gasteiger partial charge in [-0.3, -0.25) is 13.8 Å². The highest BCUT2D eigenvalue weighted by atomic mass is 32.7. The molecular weight excluding hydrogens is 531 g/mol. The average molecular weight is 573 g/mol. The normalized spacial score (nSPS) is 19.9. The molecule has 2 aliphatic rings. The minimum absolute atomic E-state index is 0.0655. The van der Waals surface area contributed by atoms with E-state index in [0.29, 0.717) is 56.3 Å². The van der Waals surface area contributed by atoms with E-state index in [1.54, 1.807) is 0 Å². The van der Waals surface area contributed by atoms with E-state index in [9.17, 15) is 13.8 Å². The van der Waals surface area contributed by atoms with Gasteiger partial charge in [0.2, 0.25) is 5.91 Å². The van der Waals surface area contributed by atoms with Gasteiger partial charge in [0.25, 0.3) is 5.91 Å². The lowest BCUT2D eigenvalue weighted by molar-refractivity contribution is -0.122. The van der Waals surface area contributed by atoms with E-state index in [4.69, 9.17) is 15.2 Å². The predicted octanol–water partition coefficient (Wildman–Crippen LogP) is 4.76. The molecule has 1 aliphatic heterocycles. The van der Waals surface area contributed by atoms with Crippen LogP contribution in [0.4, 0.5) is 0 Å². The standard InChI is InChI=1S/C30H41N2O5PS/c1-22(16-19-32-28(33)25-10-8-24(9-11-25)23-6-4-3-5-7-23)37-26-12-14-27(15-13-26)38(2)39(35)30(29(31)34)17-20-36-21-18-30/h8-15,22-23H,3-7,16-21H2,1-2H3,(H2,31,34)(H,32,33)/t22-,38?,39?/m0/s1. The molecule has 0 radical (unpaired) electrons. The molecule has 0 bridgehead atoms. The van der Waals surface area contributed by atoms with Crippen LogP contribution in [0.5, 0.6) is 5.75 Å². The summed E-state index contributed by atoms with van der Waals surface area (Å²) >= 11 is 0. The number of carbonyl (C=O) groups is 2. The second-order valence-corrected chi connectivity index (χ2v) is 16.1. The van der Waals surface area contributed by atoms with E-state index in [2.05, 4.69) is 17.4 Å². The fourth-order valence-corrected chi connectivity index (χ4v) is 10.7. The van der Waals surface area contributed by atoms with Gasteiger partial charge in [0.1, 0.15) is 10.5 Å². The van der Waals surface area contributed by atoms with E-state index in [1.165, 1.54) is 37.7 Å². The van der Waals surface area contributed by atoms with Gasteiger partial charge in [-0.2, -0.15) is 0 Å². The number of carbonyl (C=O) groups excluding carboxylic acids is 2. The van der Waals surface area contributed by atoms with Crippen LogP contribution in [0.3, 0.4) is 0 Å². The van der Waals surface area contributed by atoms with Gasteiger partial charge in [-0.15, -0.1) is 0 Å². The van der Waals surface area contributed by atoms with Crippen molar-refractivity contribution in [2.75, 3.05) is 26.4 Å². The zero-order valence-electron chi connectivity index (χ0n) is 23.0. The summed E-state index contributed by atoms with van der Waals surface area (Å²) < 4.78 is 23.8. The summed E-state index contributed by atoms with van der Waals surface area (Å²) in [6, 6.07) is 15.7. The number of hydrogen-bond donors (Lipinski definition) is 2. The van der Waals surface area contributed by atoms with Crippen molar-refractivity contribution in [2.24, 2.45) is 5.73 Å². The molecule has 1 saturated heterocycles. The molecule has 3 N–H and O–H groups in total. The van der Waals surface area contributed by atoms with E-state index in [1.807, 2.05) is 50.0 Å². The molecule has 0 spiro atoms. The van der Waals surface area contributed by atoms with Crippen LogP contribution in [-0.2, 0) is 20.0 Å². The first kappa shape index (κ1) is 29.7. The summed E-state index contributed by atoms with van der Waals surface area (Å²) in [5.41, 5.74) is 7.73. The monoisotopic (exact) mass is 572 g/mol. The first-order valence-corrected chi connectivity index (χ1v) is 17.5. The van der Waals surface area contributed by atoms with Crippen LogP contribution in [0.15, 0.2) is 48.5 Å². The maximum Gasteiger partial charge on any atom is 0.251 e. The lowest BCUT2D eigenvalue weighted by Crippen LogP contribution is -2.51. The first-order chi connectivity index (χ1) is 18.8. The fraction of sp³-hybridized carbons (Fsp3) is 0.533. The van der Waals surface area contributed by atoms with Crippen LogP contribution < -0.4 is 21.1 Å². The minimum Gasteiger partial charge on any atom is -0.491 e. The lowest BCUT2D eigenvalue weighted by Gasteiger charge is -2.35. The Hall–Kier alpha value is -2.28. The largest absolute Gasteiger partial charge is 0.491 e. The minimum atomic E-state index is -1.41. The number of hydrogen-bond acceptors (Lipinski definition) is 5. The van der Waals surface area contributed by atoms with E-state index >= 15 is 0 Å². The SMILES string of the molecule is C[C@@H](CCNC(=O)c1ccc(C2CCCCC2)cc1)Oc1ccc(P(C)S(=O)C2(C(N)=O)CCOCC2)cc1. The molecule has 39 heavy (non-hydrogen) atoms. The van der Waals surface area contributed by atoms with E-state index < -0.39 is 28.2 Å². The molecule has 2 aromatic rings. The van der Waals surface area contributed by atoms with Crippen LogP contribution >= 0.6 is 7.12 Å². The Morgan fingerprint density at radius 1 is 1.08 bits per heavy atom. The summed E-state index contributed by atoms with van der Waals surface area (Å²) in [7, 11) is -2.51. The second kappa shape index (κ2) is 13.9. The number of benzene rings is 2. The third kappa shape index (κ3) is 7.47. The van der Waals surface area contributed by atoms with Crippen molar-refractivity contribution in [2.45, 2.75) is 75.1 Å². The molecule has 1 saturated carbocycles. The smallest absolute Gasteiger partial charge is 0.251 e. The first-order valence-electron chi connectivity index (χ1n) is 14.0. The molecule has 212 valence electrons. The molecule has 7 nitrogen and oxygen atoms in total. The van der Waals surface area contributed by atoms with Crippen LogP contribution in [0.2, 0.25) is 0 Å². The molecule has 2 unspecified atom stereocenters. The molecule has 2 aromatic carbocycles. The summed E-state index contributed by atoms with van der Waals surface area (Å²) in [6.45, 7) is 5.21. The van der Waals surface area contributed by atoms with Crippen LogP contribution in [0.25, 0.3) is 0 Å². The van der Waals surface area contributed by atoms with Crippen molar-refractivity contribution < 1.29 is 23.3 Å². The van der Waals surface area contributed by atoms with Crippen molar-refractivity contribution in [1.29, 1.82) is 0 Å². The van der Waals surface area contributed by atoms with Gasteiger partial charge in [-0.1, -0.05) is 31.4 Å². The van der Waals surface area contributed by atoms with Gasteiger partial charge in [0.05, 0.1) is 16.5 Å². The zero-order chi connectivity index (χ0) is 27.8. The van der Waals surface area contributed by atoms with Crippen molar-refractivity contribution >= 4 is 34.7 Å². The fourth-order valence-electron chi connectivity index (χ4n) is 5.43. The number of ether oxygens (including phenoxy) is 2. The van der Waals surface area contributed by atoms with Gasteiger partial charge in [0.15, 0.2) is 0 Å². The van der Waals surface area contributed by atoms with Gasteiger partial charge in [-0.05, 0) is 92.5 Å². The highest BCUT2D eigenvalue weighted by molar-refractivity contribution is 8.49. The Kier molecular flexibility index (Phi) is 10.6. The number of nitrogens with one attached hydrogen (secondary N) is 1. The average Bonchev–Trinajstić information content (AvgIpc) is 2.97. The summed E-state index contributed by atoms with van der Waals surface area (Å²) in [4.78, 5) is 24.8. The Morgan fingerprint density at radius 3 is 2.33 bits per heavy atom.